The summed E-state index contributed by atoms with van der Waals surface area (Å²) in [5, 5.41) is 5.30. The first-order valence-corrected chi connectivity index (χ1v) is 15.8. The van der Waals surface area contributed by atoms with Crippen LogP contribution in [0.3, 0.4) is 0 Å². The van der Waals surface area contributed by atoms with Crippen molar-refractivity contribution in [1.29, 1.82) is 0 Å². The van der Waals surface area contributed by atoms with Crippen LogP contribution in [0.15, 0.2) is 115 Å². The highest BCUT2D eigenvalue weighted by Gasteiger charge is 2.21. The number of nitrogens with zero attached hydrogens (tertiary/aromatic N) is 1. The Hall–Kier alpha value is -4.62. The van der Waals surface area contributed by atoms with E-state index in [1.165, 1.54) is 89.0 Å². The van der Waals surface area contributed by atoms with E-state index in [0.29, 0.717) is 5.92 Å². The normalized spacial score (nSPS) is 14.6. The molecule has 0 amide bonds. The van der Waals surface area contributed by atoms with Gasteiger partial charge in [0, 0.05) is 21.5 Å². The van der Waals surface area contributed by atoms with Crippen LogP contribution in [0.4, 0.5) is 0 Å². The third-order valence-electron chi connectivity index (χ3n) is 10.1. The first-order chi connectivity index (χ1) is 21.0. The summed E-state index contributed by atoms with van der Waals surface area (Å²) in [6, 6.07) is 36.4. The summed E-state index contributed by atoms with van der Waals surface area (Å²) in [7, 11) is 0. The average molecular weight is 556 g/mol. The van der Waals surface area contributed by atoms with Crippen molar-refractivity contribution < 1.29 is 0 Å². The molecule has 1 unspecified atom stereocenters. The highest BCUT2D eigenvalue weighted by Crippen LogP contribution is 2.43. The molecule has 7 aromatic rings. The van der Waals surface area contributed by atoms with Crippen LogP contribution in [0.1, 0.15) is 49.8 Å². The molecule has 2 heterocycles. The van der Waals surface area contributed by atoms with E-state index in [2.05, 4.69) is 141 Å². The maximum Gasteiger partial charge on any atom is 0.0620 e. The lowest BCUT2D eigenvalue weighted by molar-refractivity contribution is 0.625. The van der Waals surface area contributed by atoms with E-state index >= 15 is 0 Å². The second kappa shape index (κ2) is 9.99. The minimum absolute atomic E-state index is 0.577. The fourth-order valence-electron chi connectivity index (χ4n) is 7.63. The Balaban J connectivity index is 1.43. The molecule has 1 aliphatic carbocycles. The summed E-state index contributed by atoms with van der Waals surface area (Å²) in [5.74, 6) is 0.577. The predicted octanol–water partition coefficient (Wildman–Crippen LogP) is 11.9. The highest BCUT2D eigenvalue weighted by molar-refractivity contribution is 6.23. The van der Waals surface area contributed by atoms with Gasteiger partial charge in [-0.1, -0.05) is 104 Å². The number of hydrogen-bond acceptors (Lipinski definition) is 0. The molecule has 210 valence electrons. The van der Waals surface area contributed by atoms with E-state index in [1.807, 2.05) is 0 Å². The molecule has 8 rings (SSSR count). The third-order valence-corrected chi connectivity index (χ3v) is 10.1. The van der Waals surface area contributed by atoms with Crippen molar-refractivity contribution in [2.75, 3.05) is 0 Å². The molecule has 1 heteroatoms. The van der Waals surface area contributed by atoms with Gasteiger partial charge in [0.2, 0.25) is 0 Å². The molecule has 43 heavy (non-hydrogen) atoms. The molecule has 5 aromatic carbocycles. The van der Waals surface area contributed by atoms with E-state index < -0.39 is 0 Å². The number of para-hydroxylation sites is 2. The van der Waals surface area contributed by atoms with Crippen LogP contribution >= 0.6 is 0 Å². The van der Waals surface area contributed by atoms with Crippen LogP contribution in [-0.4, -0.2) is 4.40 Å². The zero-order chi connectivity index (χ0) is 29.2. The number of aromatic nitrogens is 1. The van der Waals surface area contributed by atoms with Crippen LogP contribution in [0, 0.1) is 19.8 Å². The minimum atomic E-state index is 0.577. The molecule has 0 N–H and O–H groups in total. The number of benzene rings is 5. The first-order valence-electron chi connectivity index (χ1n) is 15.8. The van der Waals surface area contributed by atoms with Crippen molar-refractivity contribution in [2.45, 2.75) is 47.0 Å². The summed E-state index contributed by atoms with van der Waals surface area (Å²) < 4.78 is 2.49. The van der Waals surface area contributed by atoms with Crippen molar-refractivity contribution in [3.05, 3.63) is 131 Å². The molecule has 0 saturated heterocycles. The quantitative estimate of drug-likeness (QED) is 0.199. The van der Waals surface area contributed by atoms with Gasteiger partial charge < -0.3 is 4.40 Å². The second-order valence-electron chi connectivity index (χ2n) is 12.5. The fourth-order valence-corrected chi connectivity index (χ4v) is 7.63. The number of rotatable bonds is 5. The Morgan fingerprint density at radius 3 is 2.21 bits per heavy atom. The Kier molecular flexibility index (Phi) is 6.05. The second-order valence-corrected chi connectivity index (χ2v) is 12.5. The average Bonchev–Trinajstić information content (AvgIpc) is 3.57. The van der Waals surface area contributed by atoms with E-state index in [0.717, 1.165) is 12.8 Å². The summed E-state index contributed by atoms with van der Waals surface area (Å²) in [4.78, 5) is 0. The lowest BCUT2D eigenvalue weighted by Crippen LogP contribution is -2.06. The summed E-state index contributed by atoms with van der Waals surface area (Å²) in [5.41, 5.74) is 16.2. The monoisotopic (exact) mass is 555 g/mol. The largest absolute Gasteiger partial charge is 0.308 e. The molecular formula is C42H37N. The van der Waals surface area contributed by atoms with E-state index in [-0.39, 0.29) is 0 Å². The number of allylic oxidation sites excluding steroid dienone is 4. The molecule has 2 aromatic heterocycles. The molecule has 0 aliphatic heterocycles. The summed E-state index contributed by atoms with van der Waals surface area (Å²) in [6.45, 7) is 9.28. The Morgan fingerprint density at radius 1 is 0.674 bits per heavy atom. The van der Waals surface area contributed by atoms with Crippen LogP contribution < -0.4 is 0 Å². The van der Waals surface area contributed by atoms with Crippen LogP contribution in [0.25, 0.3) is 65.9 Å². The molecule has 0 bridgehead atoms. The molecule has 1 atom stereocenters. The predicted molar refractivity (Wildman–Crippen MR) is 186 cm³/mol. The van der Waals surface area contributed by atoms with Crippen LogP contribution in [0.2, 0.25) is 0 Å². The van der Waals surface area contributed by atoms with Crippen molar-refractivity contribution in [3.63, 3.8) is 0 Å². The van der Waals surface area contributed by atoms with E-state index in [1.54, 1.807) is 5.57 Å². The van der Waals surface area contributed by atoms with Crippen molar-refractivity contribution in [2.24, 2.45) is 5.92 Å². The summed E-state index contributed by atoms with van der Waals surface area (Å²) >= 11 is 0. The SMILES string of the molecule is CCC(C)C1=C(c2cc(-c3ccc4c5cccc6c7ccccc7n(c4c3)c65)cc(-c3ccccc3C)c2C)C=CCC1. The van der Waals surface area contributed by atoms with E-state index in [9.17, 15) is 0 Å². The molecule has 1 nitrogen and oxygen atoms in total. The summed E-state index contributed by atoms with van der Waals surface area (Å²) in [6.07, 6.45) is 8.23. The lowest BCUT2D eigenvalue weighted by Gasteiger charge is -2.24. The van der Waals surface area contributed by atoms with Crippen molar-refractivity contribution in [3.8, 4) is 22.3 Å². The van der Waals surface area contributed by atoms with Gasteiger partial charge in [-0.05, 0) is 108 Å². The molecule has 0 fully saturated rings. The lowest BCUT2D eigenvalue weighted by atomic mass is 9.80. The number of hydrogen-bond donors (Lipinski definition) is 0. The van der Waals surface area contributed by atoms with Gasteiger partial charge >= 0.3 is 0 Å². The molecular weight excluding hydrogens is 518 g/mol. The van der Waals surface area contributed by atoms with Gasteiger partial charge in [0.1, 0.15) is 0 Å². The molecule has 0 spiro atoms. The Bertz CT molecular complexity index is 2250. The van der Waals surface area contributed by atoms with Gasteiger partial charge in [0.25, 0.3) is 0 Å². The fraction of sp³-hybridized carbons (Fsp3) is 0.190. The third kappa shape index (κ3) is 3.91. The van der Waals surface area contributed by atoms with Crippen LogP contribution in [-0.2, 0) is 0 Å². The maximum absolute atomic E-state index is 2.49. The zero-order valence-corrected chi connectivity index (χ0v) is 25.5. The molecule has 0 radical (unpaired) electrons. The van der Waals surface area contributed by atoms with Crippen LogP contribution in [0.5, 0.6) is 0 Å². The number of fused-ring (bicyclic) bond motifs is 6. The molecule has 1 aliphatic rings. The van der Waals surface area contributed by atoms with E-state index in [4.69, 9.17) is 0 Å². The van der Waals surface area contributed by atoms with Gasteiger partial charge in [-0.2, -0.15) is 0 Å². The minimum Gasteiger partial charge on any atom is -0.308 e. The topological polar surface area (TPSA) is 4.41 Å². The van der Waals surface area contributed by atoms with Gasteiger partial charge in [-0.15, -0.1) is 0 Å². The Morgan fingerprint density at radius 2 is 1.40 bits per heavy atom. The van der Waals surface area contributed by atoms with Gasteiger partial charge in [0.15, 0.2) is 0 Å². The van der Waals surface area contributed by atoms with Crippen molar-refractivity contribution >= 4 is 43.7 Å². The Labute approximate surface area is 254 Å². The van der Waals surface area contributed by atoms with Crippen molar-refractivity contribution in [1.82, 2.24) is 4.40 Å². The zero-order valence-electron chi connectivity index (χ0n) is 25.5. The standard InChI is InChI=1S/C42H37N/c1-5-26(2)31-14-8-9-16-33(31)39-24-30(23-38(28(39)4)32-15-7-6-13-27(32)3)29-21-22-35-37-19-12-18-36-34-17-10-11-20-40(34)43(42(36)37)41(35)25-29/h6-7,9-13,15-26H,5,8,14H2,1-4H3. The molecule has 0 saturated carbocycles. The first kappa shape index (κ1) is 26.0. The van der Waals surface area contributed by atoms with Gasteiger partial charge in [-0.25, -0.2) is 0 Å². The smallest absolute Gasteiger partial charge is 0.0620 e. The van der Waals surface area contributed by atoms with Gasteiger partial charge in [-0.3, -0.25) is 0 Å². The maximum atomic E-state index is 2.49. The highest BCUT2D eigenvalue weighted by atomic mass is 14.9. The van der Waals surface area contributed by atoms with Gasteiger partial charge in [0.05, 0.1) is 16.6 Å². The number of aryl methyl sites for hydroxylation is 1.